The van der Waals surface area contributed by atoms with Crippen molar-refractivity contribution >= 4 is 16.3 Å². The maximum atomic E-state index is 13.0. The number of nitrogens with one attached hydrogen (secondary N) is 1. The van der Waals surface area contributed by atoms with Gasteiger partial charge in [-0.25, -0.2) is 15.0 Å². The summed E-state index contributed by atoms with van der Waals surface area (Å²) in [7, 11) is 0. The maximum Gasteiger partial charge on any atom is 0.443 e. The van der Waals surface area contributed by atoms with Gasteiger partial charge in [0.05, 0.1) is 0 Å². The molecule has 1 saturated heterocycles. The predicted octanol–water partition coefficient (Wildman–Crippen LogP) is 2.42. The molecule has 3 heterocycles. The lowest BCUT2D eigenvalue weighted by Crippen LogP contribution is -2.49. The number of aromatic nitrogens is 3. The van der Waals surface area contributed by atoms with Gasteiger partial charge in [0, 0.05) is 43.6 Å². The lowest BCUT2D eigenvalue weighted by Gasteiger charge is -2.32. The minimum Gasteiger partial charge on any atom is -0.359 e. The summed E-state index contributed by atoms with van der Waals surface area (Å²) < 4.78 is 39.1. The number of halogens is 3. The molecule has 5 nitrogen and oxygen atoms in total. The highest BCUT2D eigenvalue weighted by Crippen LogP contribution is 2.42. The second-order valence-electron chi connectivity index (χ2n) is 5.10. The lowest BCUT2D eigenvalue weighted by atomic mass is 10.2. The van der Waals surface area contributed by atoms with Crippen LogP contribution in [0.1, 0.15) is 11.9 Å². The molecule has 22 heavy (non-hydrogen) atoms. The van der Waals surface area contributed by atoms with Crippen LogP contribution >= 0.6 is 11.3 Å². The number of thiazole rings is 1. The van der Waals surface area contributed by atoms with E-state index in [0.29, 0.717) is 40.7 Å². The topological polar surface area (TPSA) is 53.9 Å². The molecule has 1 fully saturated rings. The Morgan fingerprint density at radius 2 is 2.05 bits per heavy atom. The zero-order valence-electron chi connectivity index (χ0n) is 11.8. The summed E-state index contributed by atoms with van der Waals surface area (Å²) >= 11 is 0.676. The normalized spacial score (nSPS) is 19.5. The van der Waals surface area contributed by atoms with Crippen molar-refractivity contribution in [2.45, 2.75) is 19.1 Å². The van der Waals surface area contributed by atoms with Gasteiger partial charge >= 0.3 is 6.18 Å². The number of hydrogen-bond donors (Lipinski definition) is 1. The second kappa shape index (κ2) is 5.81. The van der Waals surface area contributed by atoms with Gasteiger partial charge in [0.2, 0.25) is 5.01 Å². The van der Waals surface area contributed by atoms with Crippen molar-refractivity contribution in [2.75, 3.05) is 24.5 Å². The molecule has 0 amide bonds. The summed E-state index contributed by atoms with van der Waals surface area (Å²) in [5, 5.41) is 2.96. The SMILES string of the molecule is C[C@@H]1CN(c2sc(C(F)(F)F)nc2-c2cncnc2)CCN1. The molecule has 1 N–H and O–H groups in total. The molecule has 0 spiro atoms. The van der Waals surface area contributed by atoms with Crippen LogP contribution in [-0.2, 0) is 6.18 Å². The van der Waals surface area contributed by atoms with Crippen molar-refractivity contribution in [2.24, 2.45) is 0 Å². The smallest absolute Gasteiger partial charge is 0.359 e. The van der Waals surface area contributed by atoms with Crippen molar-refractivity contribution in [1.82, 2.24) is 20.3 Å². The Balaban J connectivity index is 2.05. The monoisotopic (exact) mass is 329 g/mol. The maximum absolute atomic E-state index is 13.0. The Kier molecular flexibility index (Phi) is 4.00. The molecule has 0 aromatic carbocycles. The minimum absolute atomic E-state index is 0.213. The average Bonchev–Trinajstić information content (AvgIpc) is 2.93. The highest BCUT2D eigenvalue weighted by Gasteiger charge is 2.37. The standard InChI is InChI=1S/C13H14F3N5S/c1-8-6-21(3-2-19-8)11-10(9-4-17-7-18-5-9)20-12(22-11)13(14,15)16/h4-5,7-8,19H,2-3,6H2,1H3/t8-/m1/s1. The highest BCUT2D eigenvalue weighted by atomic mass is 32.1. The van der Waals surface area contributed by atoms with Crippen molar-refractivity contribution in [1.29, 1.82) is 0 Å². The van der Waals surface area contributed by atoms with E-state index in [0.717, 1.165) is 6.54 Å². The quantitative estimate of drug-likeness (QED) is 0.917. The first-order chi connectivity index (χ1) is 10.4. The van der Waals surface area contributed by atoms with E-state index in [-0.39, 0.29) is 6.04 Å². The number of hydrogen-bond acceptors (Lipinski definition) is 6. The van der Waals surface area contributed by atoms with Crippen molar-refractivity contribution in [3.8, 4) is 11.3 Å². The van der Waals surface area contributed by atoms with Crippen molar-refractivity contribution in [3.05, 3.63) is 23.7 Å². The molecular formula is C13H14F3N5S. The number of piperazine rings is 1. The van der Waals surface area contributed by atoms with Crippen LogP contribution in [0.5, 0.6) is 0 Å². The Bertz CT molecular complexity index is 643. The third-order valence-electron chi connectivity index (χ3n) is 3.34. The van der Waals surface area contributed by atoms with Crippen LogP contribution in [0, 0.1) is 0 Å². The van der Waals surface area contributed by atoms with Crippen molar-refractivity contribution < 1.29 is 13.2 Å². The summed E-state index contributed by atoms with van der Waals surface area (Å²) in [5.74, 6) is 0. The summed E-state index contributed by atoms with van der Waals surface area (Å²) in [5.41, 5.74) is 0.794. The van der Waals surface area contributed by atoms with E-state index < -0.39 is 11.2 Å². The first-order valence-corrected chi connectivity index (χ1v) is 7.58. The molecule has 0 saturated carbocycles. The van der Waals surface area contributed by atoms with Crippen LogP contribution in [0.4, 0.5) is 18.2 Å². The van der Waals surface area contributed by atoms with Crippen LogP contribution in [0.25, 0.3) is 11.3 Å². The summed E-state index contributed by atoms with van der Waals surface area (Å²) in [6.45, 7) is 4.01. The summed E-state index contributed by atoms with van der Waals surface area (Å²) in [4.78, 5) is 13.5. The Labute approximate surface area is 129 Å². The zero-order valence-corrected chi connectivity index (χ0v) is 12.6. The van der Waals surface area contributed by atoms with Gasteiger partial charge < -0.3 is 10.2 Å². The third-order valence-corrected chi connectivity index (χ3v) is 4.50. The van der Waals surface area contributed by atoms with E-state index in [9.17, 15) is 13.2 Å². The van der Waals surface area contributed by atoms with Crippen LogP contribution in [0.2, 0.25) is 0 Å². The molecule has 0 radical (unpaired) electrons. The van der Waals surface area contributed by atoms with Gasteiger partial charge in [0.1, 0.15) is 17.0 Å². The van der Waals surface area contributed by atoms with E-state index in [2.05, 4.69) is 20.3 Å². The number of alkyl halides is 3. The third kappa shape index (κ3) is 3.05. The first kappa shape index (κ1) is 15.2. The first-order valence-electron chi connectivity index (χ1n) is 6.77. The molecule has 0 aliphatic carbocycles. The van der Waals surface area contributed by atoms with Gasteiger partial charge in [-0.3, -0.25) is 0 Å². The lowest BCUT2D eigenvalue weighted by molar-refractivity contribution is -0.137. The molecule has 3 rings (SSSR count). The van der Waals surface area contributed by atoms with Gasteiger partial charge in [-0.05, 0) is 6.92 Å². The number of anilines is 1. The predicted molar refractivity (Wildman–Crippen MR) is 77.8 cm³/mol. The second-order valence-corrected chi connectivity index (χ2v) is 6.08. The van der Waals surface area contributed by atoms with E-state index in [1.54, 1.807) is 0 Å². The molecule has 9 heteroatoms. The van der Waals surface area contributed by atoms with E-state index in [1.807, 2.05) is 11.8 Å². The summed E-state index contributed by atoms with van der Waals surface area (Å²) in [6.07, 6.45) is -0.144. The molecule has 1 aliphatic heterocycles. The van der Waals surface area contributed by atoms with Crippen molar-refractivity contribution in [3.63, 3.8) is 0 Å². The summed E-state index contributed by atoms with van der Waals surface area (Å²) in [6, 6.07) is 0.213. The highest BCUT2D eigenvalue weighted by molar-refractivity contribution is 7.16. The fourth-order valence-corrected chi connectivity index (χ4v) is 3.36. The van der Waals surface area contributed by atoms with E-state index in [4.69, 9.17) is 0 Å². The molecule has 1 aliphatic rings. The Morgan fingerprint density at radius 3 is 2.68 bits per heavy atom. The Hall–Kier alpha value is -1.74. The fourth-order valence-electron chi connectivity index (χ4n) is 2.37. The number of nitrogens with zero attached hydrogens (tertiary/aromatic N) is 4. The molecule has 2 aromatic heterocycles. The fraction of sp³-hybridized carbons (Fsp3) is 0.462. The molecule has 2 aromatic rings. The average molecular weight is 329 g/mol. The molecule has 1 atom stereocenters. The minimum atomic E-state index is -4.45. The van der Waals surface area contributed by atoms with Gasteiger partial charge in [0.25, 0.3) is 0 Å². The number of rotatable bonds is 2. The van der Waals surface area contributed by atoms with E-state index in [1.165, 1.54) is 18.7 Å². The van der Waals surface area contributed by atoms with Gasteiger partial charge in [-0.2, -0.15) is 13.2 Å². The van der Waals surface area contributed by atoms with Gasteiger partial charge in [-0.15, -0.1) is 0 Å². The van der Waals surface area contributed by atoms with Crippen LogP contribution in [0.3, 0.4) is 0 Å². The van der Waals surface area contributed by atoms with Gasteiger partial charge in [-0.1, -0.05) is 11.3 Å². The zero-order chi connectivity index (χ0) is 15.7. The molecule has 0 bridgehead atoms. The Morgan fingerprint density at radius 1 is 1.32 bits per heavy atom. The van der Waals surface area contributed by atoms with E-state index >= 15 is 0 Å². The van der Waals surface area contributed by atoms with Crippen LogP contribution in [-0.4, -0.2) is 40.6 Å². The van der Waals surface area contributed by atoms with Gasteiger partial charge in [0.15, 0.2) is 0 Å². The van der Waals surface area contributed by atoms with Crippen LogP contribution in [0.15, 0.2) is 18.7 Å². The largest absolute Gasteiger partial charge is 0.443 e. The van der Waals surface area contributed by atoms with Crippen LogP contribution < -0.4 is 10.2 Å². The molecule has 0 unspecified atom stereocenters. The molecule has 118 valence electrons. The molecular weight excluding hydrogens is 315 g/mol.